The summed E-state index contributed by atoms with van der Waals surface area (Å²) >= 11 is 0. The van der Waals surface area contributed by atoms with Gasteiger partial charge in [0.25, 0.3) is 35.4 Å². The van der Waals surface area contributed by atoms with Crippen molar-refractivity contribution in [2.75, 3.05) is 72.9 Å². The van der Waals surface area contributed by atoms with Crippen LogP contribution in [0.15, 0.2) is 61.6 Å². The van der Waals surface area contributed by atoms with Crippen molar-refractivity contribution in [3.8, 4) is 0 Å². The zero-order valence-electron chi connectivity index (χ0n) is 42.9. The van der Waals surface area contributed by atoms with E-state index >= 15 is 0 Å². The first kappa shape index (κ1) is 55.8. The quantitative estimate of drug-likeness (QED) is 0.0356. The average molecular weight is 1050 g/mol. The van der Waals surface area contributed by atoms with Gasteiger partial charge >= 0.3 is 6.09 Å². The van der Waals surface area contributed by atoms with Crippen molar-refractivity contribution in [1.82, 2.24) is 68.5 Å². The highest BCUT2D eigenvalue weighted by atomic mass is 16.4. The summed E-state index contributed by atoms with van der Waals surface area (Å²) in [5.74, 6) is -3.69. The fraction of sp³-hybridized carbons (Fsp3) is 0.362. The summed E-state index contributed by atoms with van der Waals surface area (Å²) in [4.78, 5) is 128. The first-order valence-corrected chi connectivity index (χ1v) is 23.7. The molecule has 0 bridgehead atoms. The van der Waals surface area contributed by atoms with Gasteiger partial charge in [-0.3, -0.25) is 38.4 Å². The lowest BCUT2D eigenvalue weighted by atomic mass is 10.3. The lowest BCUT2D eigenvalue weighted by Gasteiger charge is -2.16. The van der Waals surface area contributed by atoms with E-state index in [4.69, 9.17) is 5.11 Å². The van der Waals surface area contributed by atoms with Gasteiger partial charge in [-0.05, 0) is 51.2 Å². The Morgan fingerprint density at radius 3 is 1.24 bits per heavy atom. The minimum absolute atomic E-state index is 0.0227. The van der Waals surface area contributed by atoms with E-state index < -0.39 is 47.4 Å². The van der Waals surface area contributed by atoms with Gasteiger partial charge in [0.05, 0.1) is 17.1 Å². The maximum absolute atomic E-state index is 13.2. The molecule has 76 heavy (non-hydrogen) atoms. The maximum atomic E-state index is 13.2. The normalized spacial score (nSPS) is 10.9. The van der Waals surface area contributed by atoms with E-state index in [2.05, 4.69) is 62.8 Å². The fourth-order valence-corrected chi connectivity index (χ4v) is 7.66. The number of hydrogen-bond acceptors (Lipinski definition) is 13. The number of aryl methyl sites for hydroxylation is 6. The molecule has 0 atom stereocenters. The van der Waals surface area contributed by atoms with Crippen LogP contribution in [0.4, 0.5) is 33.5 Å². The zero-order valence-corrected chi connectivity index (χ0v) is 42.9. The molecule has 0 aliphatic heterocycles. The van der Waals surface area contributed by atoms with Gasteiger partial charge in [0.1, 0.15) is 17.1 Å². The number of carboxylic acid groups (broad SMARTS) is 1. The van der Waals surface area contributed by atoms with Crippen molar-refractivity contribution < 1.29 is 48.3 Å². The van der Waals surface area contributed by atoms with E-state index in [1.54, 1.807) is 70.0 Å². The lowest BCUT2D eigenvalue weighted by Crippen LogP contribution is -2.31. The van der Waals surface area contributed by atoms with Crippen LogP contribution in [-0.2, 0) is 51.9 Å². The van der Waals surface area contributed by atoms with Crippen LogP contribution < -0.4 is 47.9 Å². The van der Waals surface area contributed by atoms with E-state index in [0.29, 0.717) is 56.1 Å². The van der Waals surface area contributed by atoms with Crippen LogP contribution in [0.1, 0.15) is 89.0 Å². The molecule has 0 aliphatic rings. The third kappa shape index (κ3) is 15.3. The molecule has 6 rings (SSSR count). The predicted molar refractivity (Wildman–Crippen MR) is 276 cm³/mol. The van der Waals surface area contributed by atoms with Gasteiger partial charge in [0, 0.05) is 125 Å². The largest absolute Gasteiger partial charge is 0.465 e. The van der Waals surface area contributed by atoms with Gasteiger partial charge in [0.2, 0.25) is 23.5 Å². The Kier molecular flexibility index (Phi) is 18.6. The van der Waals surface area contributed by atoms with E-state index in [9.17, 15) is 43.2 Å². The number of carbonyl (C=O) groups is 9. The van der Waals surface area contributed by atoms with E-state index in [1.807, 2.05) is 11.9 Å². The number of aromatic nitrogens is 9. The molecule has 29 heteroatoms. The number of anilines is 5. The number of nitrogens with zero attached hydrogens (tertiary/aromatic N) is 10. The van der Waals surface area contributed by atoms with Crippen LogP contribution in [0.3, 0.4) is 0 Å². The van der Waals surface area contributed by atoms with E-state index in [0.717, 1.165) is 0 Å². The standard InChI is InChI=1S/C47H61N19O10/c1-60(18-9-13-52-47(75)76)17-8-12-49-41(69)31-21-29(24-62(31)3)54-45(73)39-58-34(26-65(39)6)56-37(68)11-15-51-43(71)33-22-30(25-64(33)5)55-46(74)40-59-35(27-66(40)7)57-36(67)10-14-50-42(70)32-20-28(23-63(32)4)53-44(72)38-48-16-19-61(38)2/h16,19-27,52H,8-15,17-18H2,1-7H3,(H,49,69)(H,50,70)(H,51,71)(H,53,72)(H,54,73)(H,55,74)(H,56,68)(H,57,67)(H,75,76). The highest BCUT2D eigenvalue weighted by Gasteiger charge is 2.22. The third-order valence-electron chi connectivity index (χ3n) is 11.5. The Morgan fingerprint density at radius 2 is 0.855 bits per heavy atom. The summed E-state index contributed by atoms with van der Waals surface area (Å²) in [7, 11) is 11.6. The number of carbonyl (C=O) groups excluding carboxylic acids is 8. The molecule has 0 saturated heterocycles. The van der Waals surface area contributed by atoms with Crippen LogP contribution >= 0.6 is 0 Å². The first-order chi connectivity index (χ1) is 36.1. The minimum Gasteiger partial charge on any atom is -0.465 e. The fourth-order valence-electron chi connectivity index (χ4n) is 7.66. The van der Waals surface area contributed by atoms with Crippen LogP contribution in [0, 0.1) is 0 Å². The second-order valence-electron chi connectivity index (χ2n) is 17.6. The molecule has 0 fully saturated rings. The van der Waals surface area contributed by atoms with Gasteiger partial charge in [-0.1, -0.05) is 0 Å². The summed E-state index contributed by atoms with van der Waals surface area (Å²) in [6.07, 6.45) is 10.7. The number of imidazole rings is 3. The Labute approximate surface area is 434 Å². The maximum Gasteiger partial charge on any atom is 0.404 e. The number of amides is 9. The number of hydrogen-bond donors (Lipinski definition) is 10. The van der Waals surface area contributed by atoms with Gasteiger partial charge in [-0.2, -0.15) is 0 Å². The van der Waals surface area contributed by atoms with Crippen molar-refractivity contribution in [1.29, 1.82) is 0 Å². The summed E-state index contributed by atoms with van der Waals surface area (Å²) in [5, 5.41) is 32.5. The molecule has 6 heterocycles. The van der Waals surface area contributed by atoms with E-state index in [-0.39, 0.29) is 78.0 Å². The lowest BCUT2D eigenvalue weighted by molar-refractivity contribution is -0.116. The molecule has 6 aromatic rings. The molecule has 10 N–H and O–H groups in total. The Balaban J connectivity index is 0.890. The number of nitrogens with one attached hydrogen (secondary N) is 9. The summed E-state index contributed by atoms with van der Waals surface area (Å²) in [6.45, 7) is 2.07. The molecule has 0 saturated carbocycles. The van der Waals surface area contributed by atoms with Gasteiger partial charge in [-0.25, -0.2) is 19.7 Å². The van der Waals surface area contributed by atoms with Crippen molar-refractivity contribution in [3.05, 3.63) is 96.1 Å². The van der Waals surface area contributed by atoms with Crippen molar-refractivity contribution in [2.45, 2.75) is 25.7 Å². The van der Waals surface area contributed by atoms with Crippen LogP contribution in [0.2, 0.25) is 0 Å². The summed E-state index contributed by atoms with van der Waals surface area (Å²) < 4.78 is 8.97. The molecule has 0 unspecified atom stereocenters. The Hall–Kier alpha value is -9.54. The molecule has 6 aromatic heterocycles. The van der Waals surface area contributed by atoms with Crippen LogP contribution in [0.5, 0.6) is 0 Å². The molecule has 29 nitrogen and oxygen atoms in total. The zero-order chi connectivity index (χ0) is 55.2. The van der Waals surface area contributed by atoms with Gasteiger partial charge in [-0.15, -0.1) is 0 Å². The smallest absolute Gasteiger partial charge is 0.404 e. The minimum atomic E-state index is -1.06. The van der Waals surface area contributed by atoms with Crippen LogP contribution in [-0.4, -0.2) is 152 Å². The Bertz CT molecular complexity index is 3130. The molecule has 0 aliphatic carbocycles. The van der Waals surface area contributed by atoms with Gasteiger partial charge < -0.3 is 85.3 Å². The molecular formula is C47H61N19O10. The summed E-state index contributed by atoms with van der Waals surface area (Å²) in [6, 6.07) is 4.46. The molecular weight excluding hydrogens is 991 g/mol. The molecule has 9 amide bonds. The van der Waals surface area contributed by atoms with Crippen molar-refractivity contribution >= 4 is 82.0 Å². The highest BCUT2D eigenvalue weighted by molar-refractivity contribution is 6.05. The SMILES string of the molecule is CN(CCCNC(=O)O)CCCNC(=O)c1cc(NC(=O)c2nc(NC(=O)CCNC(=O)c3cc(NC(=O)c4nc(NC(=O)CCNC(=O)c5cc(NC(=O)c6nccn6C)cn5C)cn4C)cn3C)cn2C)cn1C. The Morgan fingerprint density at radius 1 is 0.474 bits per heavy atom. The number of rotatable bonds is 25. The molecule has 404 valence electrons. The van der Waals surface area contributed by atoms with Crippen LogP contribution in [0.25, 0.3) is 0 Å². The topological polar surface area (TPSA) is 354 Å². The first-order valence-electron chi connectivity index (χ1n) is 23.7. The van der Waals surface area contributed by atoms with Crippen molar-refractivity contribution in [2.24, 2.45) is 42.3 Å². The monoisotopic (exact) mass is 1050 g/mol. The second-order valence-corrected chi connectivity index (χ2v) is 17.6. The molecule has 0 aromatic carbocycles. The second kappa shape index (κ2) is 25.4. The molecule has 0 radical (unpaired) electrons. The molecule has 0 spiro atoms. The average Bonchev–Trinajstić information content (AvgIpc) is 4.23. The van der Waals surface area contributed by atoms with Gasteiger partial charge in [0.15, 0.2) is 17.5 Å². The third-order valence-corrected chi connectivity index (χ3v) is 11.5. The van der Waals surface area contributed by atoms with E-state index in [1.165, 1.54) is 61.3 Å². The summed E-state index contributed by atoms with van der Waals surface area (Å²) in [5.41, 5.74) is 1.73. The highest BCUT2D eigenvalue weighted by Crippen LogP contribution is 2.18. The van der Waals surface area contributed by atoms with Crippen molar-refractivity contribution in [3.63, 3.8) is 0 Å². The predicted octanol–water partition coefficient (Wildman–Crippen LogP) is 0.886.